The maximum Gasteiger partial charge on any atom is 0.268 e. The molecule has 1 saturated heterocycles. The van der Waals surface area contributed by atoms with E-state index in [2.05, 4.69) is 31.9 Å². The number of halogens is 1. The van der Waals surface area contributed by atoms with Gasteiger partial charge in [0.25, 0.3) is 10.0 Å². The Labute approximate surface area is 279 Å². The fourth-order valence-corrected chi connectivity index (χ4v) is 8.37. The second-order valence-corrected chi connectivity index (χ2v) is 13.5. The van der Waals surface area contributed by atoms with Crippen molar-refractivity contribution in [3.05, 3.63) is 94.4 Å². The predicted molar refractivity (Wildman–Crippen MR) is 179 cm³/mol. The molecule has 0 saturated carbocycles. The molecule has 1 unspecified atom stereocenters. The summed E-state index contributed by atoms with van der Waals surface area (Å²) in [5, 5.41) is 10.3. The number of nitrogens with zero attached hydrogens (tertiary/aromatic N) is 6. The highest BCUT2D eigenvalue weighted by atomic mass is 35.5. The van der Waals surface area contributed by atoms with Gasteiger partial charge in [-0.05, 0) is 68.4 Å². The van der Waals surface area contributed by atoms with Gasteiger partial charge < -0.3 is 19.1 Å². The van der Waals surface area contributed by atoms with Gasteiger partial charge in [0.2, 0.25) is 5.88 Å². The fraction of sp³-hybridized carbons (Fsp3) is 0.324. The molecule has 0 aliphatic carbocycles. The monoisotopic (exact) mass is 674 g/mol. The number of sulfonamides is 1. The van der Waals surface area contributed by atoms with E-state index in [9.17, 15) is 13.7 Å². The Morgan fingerprint density at radius 3 is 2.45 bits per heavy atom. The predicted octanol–water partition coefficient (Wildman–Crippen LogP) is 5.00. The molecule has 6 rings (SSSR count). The number of pyridine rings is 2. The largest absolute Gasteiger partial charge is 0.497 e. The maximum absolute atomic E-state index is 14.7. The number of aromatic nitrogens is 2. The van der Waals surface area contributed by atoms with E-state index < -0.39 is 15.6 Å². The number of piperazine rings is 1. The second-order valence-electron chi connectivity index (χ2n) is 11.3. The lowest BCUT2D eigenvalue weighted by atomic mass is 9.82. The Hall–Kier alpha value is -4.57. The normalized spacial score (nSPS) is 18.0. The van der Waals surface area contributed by atoms with E-state index in [1.165, 1.54) is 24.6 Å². The molecule has 2 aromatic heterocycles. The van der Waals surface area contributed by atoms with Crippen molar-refractivity contribution in [1.29, 1.82) is 5.26 Å². The zero-order valence-corrected chi connectivity index (χ0v) is 28.2. The Balaban J connectivity index is 1.54. The van der Waals surface area contributed by atoms with Gasteiger partial charge in [0.1, 0.15) is 21.5 Å². The highest BCUT2D eigenvalue weighted by Gasteiger charge is 2.54. The third-order valence-electron chi connectivity index (χ3n) is 8.77. The van der Waals surface area contributed by atoms with Crippen LogP contribution in [0.1, 0.15) is 29.3 Å². The van der Waals surface area contributed by atoms with Gasteiger partial charge in [0, 0.05) is 61.0 Å². The molecule has 0 bridgehead atoms. The summed E-state index contributed by atoms with van der Waals surface area (Å²) < 4.78 is 47.8. The number of aryl methyl sites for hydroxylation is 1. The van der Waals surface area contributed by atoms with E-state index in [0.29, 0.717) is 66.8 Å². The topological polar surface area (TPSA) is 121 Å². The SMILES string of the molecule is CCOc1nc(Cl)ccc1C1(N2CCN(c3ccnc(C)c3)CC2)CN(S(=O)(=O)c2ccc(OC)cc2OC)c2ccc(C#N)cc21. The van der Waals surface area contributed by atoms with Crippen LogP contribution < -0.4 is 23.4 Å². The molecule has 11 nitrogen and oxygen atoms in total. The van der Waals surface area contributed by atoms with Crippen LogP contribution in [0, 0.1) is 18.3 Å². The van der Waals surface area contributed by atoms with Crippen LogP contribution in [-0.4, -0.2) is 76.8 Å². The van der Waals surface area contributed by atoms with E-state index in [1.54, 1.807) is 42.6 Å². The first-order valence-corrected chi connectivity index (χ1v) is 17.0. The van der Waals surface area contributed by atoms with Crippen molar-refractivity contribution in [3.63, 3.8) is 0 Å². The van der Waals surface area contributed by atoms with Crippen molar-refractivity contribution in [1.82, 2.24) is 14.9 Å². The molecule has 2 aliphatic heterocycles. The van der Waals surface area contributed by atoms with E-state index in [0.717, 1.165) is 11.4 Å². The van der Waals surface area contributed by atoms with Gasteiger partial charge in [0.05, 0.1) is 50.2 Å². The molecule has 47 heavy (non-hydrogen) atoms. The lowest BCUT2D eigenvalue weighted by molar-refractivity contribution is 0.123. The van der Waals surface area contributed by atoms with Crippen molar-refractivity contribution >= 4 is 33.0 Å². The molecule has 2 aromatic carbocycles. The molecular formula is C34H35ClN6O5S. The number of anilines is 2. The quantitative estimate of drug-likeness (QED) is 0.224. The van der Waals surface area contributed by atoms with Crippen LogP contribution in [0.5, 0.6) is 17.4 Å². The molecule has 4 heterocycles. The van der Waals surface area contributed by atoms with Gasteiger partial charge in [-0.3, -0.25) is 14.2 Å². The Morgan fingerprint density at radius 1 is 0.979 bits per heavy atom. The van der Waals surface area contributed by atoms with Crippen molar-refractivity contribution in [2.75, 3.05) is 62.8 Å². The zero-order chi connectivity index (χ0) is 33.3. The summed E-state index contributed by atoms with van der Waals surface area (Å²) in [6.45, 7) is 6.63. The molecule has 13 heteroatoms. The summed E-state index contributed by atoms with van der Waals surface area (Å²) in [7, 11) is -1.28. The maximum atomic E-state index is 14.7. The van der Waals surface area contributed by atoms with E-state index >= 15 is 0 Å². The van der Waals surface area contributed by atoms with Gasteiger partial charge in [-0.1, -0.05) is 11.6 Å². The minimum absolute atomic E-state index is 0.00746. The molecule has 2 aliphatic rings. The van der Waals surface area contributed by atoms with Crippen LogP contribution in [0.15, 0.2) is 71.8 Å². The summed E-state index contributed by atoms with van der Waals surface area (Å²) in [5.41, 5.74) is 3.09. The van der Waals surface area contributed by atoms with Crippen LogP contribution >= 0.6 is 11.6 Å². The molecule has 0 amide bonds. The molecule has 1 fully saturated rings. The summed E-state index contributed by atoms with van der Waals surface area (Å²) in [4.78, 5) is 13.5. The van der Waals surface area contributed by atoms with Gasteiger partial charge in [0.15, 0.2) is 0 Å². The smallest absolute Gasteiger partial charge is 0.268 e. The second kappa shape index (κ2) is 12.9. The van der Waals surface area contributed by atoms with Crippen LogP contribution in [-0.2, 0) is 15.6 Å². The fourth-order valence-electron chi connectivity index (χ4n) is 6.58. The average molecular weight is 675 g/mol. The van der Waals surface area contributed by atoms with Crippen LogP contribution in [0.25, 0.3) is 0 Å². The minimum atomic E-state index is -4.21. The van der Waals surface area contributed by atoms with E-state index in [4.69, 9.17) is 25.8 Å². The Bertz CT molecular complexity index is 1960. The van der Waals surface area contributed by atoms with Crippen molar-refractivity contribution < 1.29 is 22.6 Å². The lowest BCUT2D eigenvalue weighted by Gasteiger charge is -2.47. The molecule has 0 radical (unpaired) electrons. The van der Waals surface area contributed by atoms with E-state index in [1.807, 2.05) is 26.0 Å². The number of methoxy groups -OCH3 is 2. The standard InChI is InChI=1S/C34H35ClN6O5S/c1-5-46-33-27(8-11-32(35)38-33)34(40-16-14-39(15-17-40)25-12-13-37-23(2)18-25)22-41(29-9-6-24(21-36)19-28(29)34)47(42,43)31-10-7-26(44-3)20-30(31)45-4/h6-13,18-20H,5,14-17,22H2,1-4H3. The van der Waals surface area contributed by atoms with Gasteiger partial charge in [-0.2, -0.15) is 5.26 Å². The lowest BCUT2D eigenvalue weighted by Crippen LogP contribution is -2.58. The molecule has 0 spiro atoms. The highest BCUT2D eigenvalue weighted by Crippen LogP contribution is 2.52. The summed E-state index contributed by atoms with van der Waals surface area (Å²) >= 11 is 6.39. The van der Waals surface area contributed by atoms with Crippen molar-refractivity contribution in [3.8, 4) is 23.4 Å². The zero-order valence-electron chi connectivity index (χ0n) is 26.6. The van der Waals surface area contributed by atoms with Crippen molar-refractivity contribution in [2.45, 2.75) is 24.3 Å². The third-order valence-corrected chi connectivity index (χ3v) is 10.8. The molecule has 4 aromatic rings. The number of benzene rings is 2. The molecular weight excluding hydrogens is 640 g/mol. The Kier molecular flexibility index (Phi) is 8.89. The minimum Gasteiger partial charge on any atom is -0.497 e. The molecule has 244 valence electrons. The summed E-state index contributed by atoms with van der Waals surface area (Å²) in [6.07, 6.45) is 1.80. The highest BCUT2D eigenvalue weighted by molar-refractivity contribution is 7.93. The number of nitriles is 1. The number of rotatable bonds is 9. The number of fused-ring (bicyclic) bond motifs is 1. The van der Waals surface area contributed by atoms with Gasteiger partial charge >= 0.3 is 0 Å². The number of ether oxygens (including phenoxy) is 3. The first kappa shape index (κ1) is 32.4. The first-order chi connectivity index (χ1) is 22.7. The van der Waals surface area contributed by atoms with E-state index in [-0.39, 0.29) is 22.3 Å². The van der Waals surface area contributed by atoms with Crippen molar-refractivity contribution in [2.24, 2.45) is 0 Å². The molecule has 0 N–H and O–H groups in total. The Morgan fingerprint density at radius 2 is 1.77 bits per heavy atom. The first-order valence-electron chi connectivity index (χ1n) is 15.2. The summed E-state index contributed by atoms with van der Waals surface area (Å²) in [5.74, 6) is 0.926. The molecule has 1 atom stereocenters. The summed E-state index contributed by atoms with van der Waals surface area (Å²) in [6, 6.07) is 19.6. The third kappa shape index (κ3) is 5.69. The van der Waals surface area contributed by atoms with Crippen LogP contribution in [0.4, 0.5) is 11.4 Å². The van der Waals surface area contributed by atoms with Gasteiger partial charge in [-0.25, -0.2) is 13.4 Å². The average Bonchev–Trinajstić information content (AvgIpc) is 3.44. The van der Waals surface area contributed by atoms with Gasteiger partial charge in [-0.15, -0.1) is 0 Å². The van der Waals surface area contributed by atoms with Crippen LogP contribution in [0.2, 0.25) is 5.15 Å². The number of hydrogen-bond acceptors (Lipinski definition) is 10. The van der Waals surface area contributed by atoms with Crippen LogP contribution in [0.3, 0.4) is 0 Å². The number of hydrogen-bond donors (Lipinski definition) is 0.